The maximum atomic E-state index is 12.8. The first-order valence-corrected chi connectivity index (χ1v) is 5.51. The molecule has 0 atom stereocenters. The van der Waals surface area contributed by atoms with E-state index < -0.39 is 0 Å². The summed E-state index contributed by atoms with van der Waals surface area (Å²) in [6.07, 6.45) is 1.41. The van der Waals surface area contributed by atoms with Gasteiger partial charge in [0.2, 0.25) is 0 Å². The van der Waals surface area contributed by atoms with Crippen LogP contribution in [0.15, 0.2) is 42.6 Å². The number of pyridine rings is 1. The fourth-order valence-electron chi connectivity index (χ4n) is 1.60. The van der Waals surface area contributed by atoms with Crippen molar-refractivity contribution >= 4 is 11.6 Å². The highest BCUT2D eigenvalue weighted by Gasteiger charge is 2.14. The topological polar surface area (TPSA) is 57.0 Å². The van der Waals surface area contributed by atoms with Crippen LogP contribution in [-0.4, -0.2) is 17.9 Å². The first-order valence-electron chi connectivity index (χ1n) is 5.51. The molecule has 94 valence electrons. The summed E-state index contributed by atoms with van der Waals surface area (Å²) in [5.74, 6) is -0.647. The maximum Gasteiger partial charge on any atom is 0.258 e. The predicted octanol–water partition coefficient (Wildman–Crippen LogP) is 2.37. The lowest BCUT2D eigenvalue weighted by atomic mass is 10.2. The van der Waals surface area contributed by atoms with E-state index in [4.69, 9.17) is 5.26 Å². The van der Waals surface area contributed by atoms with Gasteiger partial charge in [-0.2, -0.15) is 5.26 Å². The second-order valence-electron chi connectivity index (χ2n) is 3.88. The maximum absolute atomic E-state index is 12.8. The lowest BCUT2D eigenvalue weighted by Gasteiger charge is -2.17. The summed E-state index contributed by atoms with van der Waals surface area (Å²) >= 11 is 0. The summed E-state index contributed by atoms with van der Waals surface area (Å²) in [5.41, 5.74) is 1.11. The Labute approximate surface area is 109 Å². The van der Waals surface area contributed by atoms with E-state index in [1.165, 1.54) is 47.5 Å². The third-order valence-corrected chi connectivity index (χ3v) is 2.64. The van der Waals surface area contributed by atoms with Crippen molar-refractivity contribution in [1.29, 1.82) is 5.26 Å². The van der Waals surface area contributed by atoms with Crippen molar-refractivity contribution in [3.8, 4) is 6.07 Å². The van der Waals surface area contributed by atoms with Gasteiger partial charge in [-0.25, -0.2) is 9.37 Å². The van der Waals surface area contributed by atoms with E-state index >= 15 is 0 Å². The molecule has 0 spiro atoms. The standard InChI is InChI=1S/C14H10FN3O/c1-18(13-4-2-11(15)3-5-13)14(19)10-6-7-17-12(8-10)9-16/h2-8H,1H3. The predicted molar refractivity (Wildman–Crippen MR) is 68.1 cm³/mol. The molecule has 0 radical (unpaired) electrons. The number of carbonyl (C=O) groups is 1. The monoisotopic (exact) mass is 255 g/mol. The van der Waals surface area contributed by atoms with E-state index in [1.54, 1.807) is 7.05 Å². The van der Waals surface area contributed by atoms with Gasteiger partial charge in [-0.1, -0.05) is 0 Å². The molecule has 2 aromatic rings. The van der Waals surface area contributed by atoms with Crippen LogP contribution in [0.1, 0.15) is 16.1 Å². The number of nitrogens with zero attached hydrogens (tertiary/aromatic N) is 3. The molecular weight excluding hydrogens is 245 g/mol. The number of rotatable bonds is 2. The van der Waals surface area contributed by atoms with Crippen molar-refractivity contribution in [2.75, 3.05) is 11.9 Å². The third kappa shape index (κ3) is 2.75. The minimum absolute atomic E-state index is 0.179. The summed E-state index contributed by atoms with van der Waals surface area (Å²) < 4.78 is 12.8. The van der Waals surface area contributed by atoms with Crippen LogP contribution >= 0.6 is 0 Å². The first kappa shape index (κ1) is 12.7. The minimum Gasteiger partial charge on any atom is -0.311 e. The molecule has 0 N–H and O–H groups in total. The smallest absolute Gasteiger partial charge is 0.258 e. The number of halogens is 1. The molecule has 0 aliphatic rings. The highest BCUT2D eigenvalue weighted by molar-refractivity contribution is 6.05. The Morgan fingerprint density at radius 3 is 2.63 bits per heavy atom. The van der Waals surface area contributed by atoms with Gasteiger partial charge in [-0.05, 0) is 36.4 Å². The van der Waals surface area contributed by atoms with E-state index in [-0.39, 0.29) is 17.4 Å². The van der Waals surface area contributed by atoms with E-state index in [1.807, 2.05) is 6.07 Å². The van der Waals surface area contributed by atoms with Crippen LogP contribution in [-0.2, 0) is 0 Å². The van der Waals surface area contributed by atoms with Crippen molar-refractivity contribution in [2.45, 2.75) is 0 Å². The van der Waals surface area contributed by atoms with Crippen LogP contribution in [0.25, 0.3) is 0 Å². The summed E-state index contributed by atoms with van der Waals surface area (Å²) in [7, 11) is 1.59. The molecule has 2 rings (SSSR count). The molecule has 0 unspecified atom stereocenters. The molecule has 0 aliphatic carbocycles. The number of amides is 1. The van der Waals surface area contributed by atoms with Crippen molar-refractivity contribution < 1.29 is 9.18 Å². The molecule has 1 aromatic heterocycles. The number of aromatic nitrogens is 1. The SMILES string of the molecule is CN(C(=O)c1ccnc(C#N)c1)c1ccc(F)cc1. The number of benzene rings is 1. The zero-order valence-electron chi connectivity index (χ0n) is 10.2. The van der Waals surface area contributed by atoms with Gasteiger partial charge in [0.05, 0.1) is 0 Å². The molecule has 0 bridgehead atoms. The van der Waals surface area contributed by atoms with Crippen molar-refractivity contribution in [3.05, 3.63) is 59.7 Å². The van der Waals surface area contributed by atoms with Crippen molar-refractivity contribution in [2.24, 2.45) is 0 Å². The molecule has 1 heterocycles. The Morgan fingerprint density at radius 1 is 1.32 bits per heavy atom. The normalized spacial score (nSPS) is 9.74. The fraction of sp³-hybridized carbons (Fsp3) is 0.0714. The molecule has 0 saturated carbocycles. The Hall–Kier alpha value is -2.74. The molecule has 1 aromatic carbocycles. The van der Waals surface area contributed by atoms with Crippen LogP contribution in [0.4, 0.5) is 10.1 Å². The Kier molecular flexibility index (Phi) is 3.53. The molecule has 0 fully saturated rings. The Morgan fingerprint density at radius 2 is 2.00 bits per heavy atom. The van der Waals surface area contributed by atoms with Crippen molar-refractivity contribution in [3.63, 3.8) is 0 Å². The first-order chi connectivity index (χ1) is 9.11. The number of carbonyl (C=O) groups excluding carboxylic acids is 1. The Balaban J connectivity index is 2.28. The van der Waals surface area contributed by atoms with Gasteiger partial charge in [0.1, 0.15) is 17.6 Å². The van der Waals surface area contributed by atoms with Gasteiger partial charge < -0.3 is 4.90 Å². The van der Waals surface area contributed by atoms with Crippen LogP contribution in [0.5, 0.6) is 0 Å². The Bertz CT molecular complexity index is 646. The van der Waals surface area contributed by atoms with Gasteiger partial charge in [0, 0.05) is 24.5 Å². The summed E-state index contributed by atoms with van der Waals surface area (Å²) in [4.78, 5) is 17.4. The lowest BCUT2D eigenvalue weighted by molar-refractivity contribution is 0.0993. The summed E-state index contributed by atoms with van der Waals surface area (Å²) in [6, 6.07) is 10.4. The third-order valence-electron chi connectivity index (χ3n) is 2.64. The van der Waals surface area contributed by atoms with Gasteiger partial charge in [0.15, 0.2) is 0 Å². The van der Waals surface area contributed by atoms with E-state index in [0.717, 1.165) is 0 Å². The van der Waals surface area contributed by atoms with Gasteiger partial charge in [-0.15, -0.1) is 0 Å². The van der Waals surface area contributed by atoms with Crippen LogP contribution in [0, 0.1) is 17.1 Å². The molecule has 19 heavy (non-hydrogen) atoms. The van der Waals surface area contributed by atoms with Crippen molar-refractivity contribution in [1.82, 2.24) is 4.98 Å². The number of hydrogen-bond acceptors (Lipinski definition) is 3. The summed E-state index contributed by atoms with van der Waals surface area (Å²) in [6.45, 7) is 0. The average Bonchev–Trinajstić information content (AvgIpc) is 2.46. The van der Waals surface area contributed by atoms with Gasteiger partial charge >= 0.3 is 0 Å². The largest absolute Gasteiger partial charge is 0.311 e. The lowest BCUT2D eigenvalue weighted by Crippen LogP contribution is -2.26. The van der Waals surface area contributed by atoms with Crippen LogP contribution in [0.3, 0.4) is 0 Å². The summed E-state index contributed by atoms with van der Waals surface area (Å²) in [5, 5.41) is 8.75. The number of anilines is 1. The minimum atomic E-state index is -0.361. The molecule has 5 heteroatoms. The number of hydrogen-bond donors (Lipinski definition) is 0. The van der Waals surface area contributed by atoms with Crippen LogP contribution in [0.2, 0.25) is 0 Å². The highest BCUT2D eigenvalue weighted by Crippen LogP contribution is 2.16. The van der Waals surface area contributed by atoms with Gasteiger partial charge in [-0.3, -0.25) is 4.79 Å². The fourth-order valence-corrected chi connectivity index (χ4v) is 1.60. The van der Waals surface area contributed by atoms with Crippen LogP contribution < -0.4 is 4.90 Å². The molecule has 0 saturated heterocycles. The highest BCUT2D eigenvalue weighted by atomic mass is 19.1. The van der Waals surface area contributed by atoms with E-state index in [0.29, 0.717) is 11.3 Å². The molecular formula is C14H10FN3O. The molecule has 0 aliphatic heterocycles. The van der Waals surface area contributed by atoms with E-state index in [9.17, 15) is 9.18 Å². The number of nitriles is 1. The molecule has 4 nitrogen and oxygen atoms in total. The molecule has 1 amide bonds. The zero-order chi connectivity index (χ0) is 13.8. The average molecular weight is 255 g/mol. The van der Waals surface area contributed by atoms with Gasteiger partial charge in [0.25, 0.3) is 5.91 Å². The zero-order valence-corrected chi connectivity index (χ0v) is 10.2. The van der Waals surface area contributed by atoms with E-state index in [2.05, 4.69) is 4.98 Å². The quantitative estimate of drug-likeness (QED) is 0.827. The second-order valence-corrected chi connectivity index (χ2v) is 3.88. The second kappa shape index (κ2) is 5.27.